The number of hydrogen-bond acceptors (Lipinski definition) is 7. The predicted molar refractivity (Wildman–Crippen MR) is 102 cm³/mol. The van der Waals surface area contributed by atoms with Crippen LogP contribution in [0.3, 0.4) is 0 Å². The van der Waals surface area contributed by atoms with Crippen molar-refractivity contribution in [1.82, 2.24) is 5.43 Å². The number of nitro benzene ring substituents is 1. The first kappa shape index (κ1) is 20.8. The first-order valence-electron chi connectivity index (χ1n) is 8.60. The van der Waals surface area contributed by atoms with Crippen LogP contribution in [0.2, 0.25) is 0 Å². The number of nitro groups is 1. The number of hydrogen-bond donors (Lipinski definition) is 3. The zero-order valence-electron chi connectivity index (χ0n) is 15.2. The molecule has 3 N–H and O–H groups in total. The van der Waals surface area contributed by atoms with E-state index in [2.05, 4.69) is 10.5 Å². The number of aliphatic hydroxyl groups excluding tert-OH is 1. The molecule has 0 heterocycles. The van der Waals surface area contributed by atoms with E-state index in [0.717, 1.165) is 6.07 Å². The first-order chi connectivity index (χ1) is 13.4. The molecule has 9 nitrogen and oxygen atoms in total. The maximum Gasteiger partial charge on any atom is 0.311 e. The highest BCUT2D eigenvalue weighted by Crippen LogP contribution is 2.25. The largest absolute Gasteiger partial charge is 0.502 e. The van der Waals surface area contributed by atoms with Gasteiger partial charge in [0.1, 0.15) is 5.75 Å². The number of amides is 1. The zero-order chi connectivity index (χ0) is 20.5. The molecular weight excluding hydrogens is 366 g/mol. The van der Waals surface area contributed by atoms with Crippen LogP contribution in [0.1, 0.15) is 37.0 Å². The highest BCUT2D eigenvalue weighted by Gasteiger charge is 2.13. The SMILES string of the molecule is CCOc1ccc([C@H](O)CCC(=O)N/N=C\c2ccc(O)c([N+](=O)[O-])c2)cc1. The van der Waals surface area contributed by atoms with Crippen molar-refractivity contribution in [2.75, 3.05) is 6.61 Å². The third-order valence-corrected chi connectivity index (χ3v) is 3.82. The molecule has 1 amide bonds. The molecule has 0 aliphatic carbocycles. The van der Waals surface area contributed by atoms with Gasteiger partial charge in [-0.1, -0.05) is 12.1 Å². The Balaban J connectivity index is 1.83. The second-order valence-corrected chi connectivity index (χ2v) is 5.85. The smallest absolute Gasteiger partial charge is 0.311 e. The van der Waals surface area contributed by atoms with Crippen molar-refractivity contribution in [1.29, 1.82) is 0 Å². The Labute approximate surface area is 161 Å². The number of aliphatic hydroxyl groups is 1. The molecule has 2 aromatic rings. The number of nitrogens with one attached hydrogen (secondary N) is 1. The number of rotatable bonds is 9. The summed E-state index contributed by atoms with van der Waals surface area (Å²) in [6.07, 6.45) is 0.680. The summed E-state index contributed by atoms with van der Waals surface area (Å²) in [6.45, 7) is 2.44. The average molecular weight is 387 g/mol. The average Bonchev–Trinajstić information content (AvgIpc) is 2.68. The molecule has 0 spiro atoms. The van der Waals surface area contributed by atoms with Crippen molar-refractivity contribution in [2.45, 2.75) is 25.9 Å². The summed E-state index contributed by atoms with van der Waals surface area (Å²) < 4.78 is 5.33. The summed E-state index contributed by atoms with van der Waals surface area (Å²) in [5, 5.41) is 34.0. The second kappa shape index (κ2) is 10.0. The van der Waals surface area contributed by atoms with Gasteiger partial charge in [0.2, 0.25) is 5.91 Å². The molecule has 2 aromatic carbocycles. The molecule has 0 aliphatic heterocycles. The number of nitrogens with zero attached hydrogens (tertiary/aromatic N) is 2. The van der Waals surface area contributed by atoms with Crippen LogP contribution >= 0.6 is 0 Å². The van der Waals surface area contributed by atoms with Crippen molar-refractivity contribution < 1.29 is 24.7 Å². The summed E-state index contributed by atoms with van der Waals surface area (Å²) >= 11 is 0. The Hall–Kier alpha value is -3.46. The van der Waals surface area contributed by atoms with Crippen molar-refractivity contribution in [3.8, 4) is 11.5 Å². The molecular formula is C19H21N3O6. The fourth-order valence-corrected chi connectivity index (χ4v) is 2.39. The van der Waals surface area contributed by atoms with Crippen LogP contribution in [0.15, 0.2) is 47.6 Å². The summed E-state index contributed by atoms with van der Waals surface area (Å²) in [5.74, 6) is -0.149. The van der Waals surface area contributed by atoms with Crippen LogP contribution in [0.4, 0.5) is 5.69 Å². The molecule has 1 atom stereocenters. The molecule has 0 saturated carbocycles. The molecule has 0 fully saturated rings. The van der Waals surface area contributed by atoms with Crippen LogP contribution in [0.5, 0.6) is 11.5 Å². The lowest BCUT2D eigenvalue weighted by Crippen LogP contribution is -2.18. The molecule has 148 valence electrons. The number of aromatic hydroxyl groups is 1. The molecule has 0 aromatic heterocycles. The normalized spacial score (nSPS) is 11.9. The third-order valence-electron chi connectivity index (χ3n) is 3.82. The van der Waals surface area contributed by atoms with Crippen LogP contribution < -0.4 is 10.2 Å². The number of carbonyl (C=O) groups is 1. The topological polar surface area (TPSA) is 134 Å². The monoisotopic (exact) mass is 387 g/mol. The highest BCUT2D eigenvalue weighted by atomic mass is 16.6. The van der Waals surface area contributed by atoms with Crippen molar-refractivity contribution >= 4 is 17.8 Å². The fourth-order valence-electron chi connectivity index (χ4n) is 2.39. The van der Waals surface area contributed by atoms with Crippen molar-refractivity contribution in [3.05, 3.63) is 63.7 Å². The Bertz CT molecular complexity index is 851. The molecule has 0 bridgehead atoms. The first-order valence-corrected chi connectivity index (χ1v) is 8.60. The van der Waals surface area contributed by atoms with E-state index >= 15 is 0 Å². The van der Waals surface area contributed by atoms with Gasteiger partial charge in [-0.3, -0.25) is 14.9 Å². The van der Waals surface area contributed by atoms with E-state index in [1.807, 2.05) is 6.92 Å². The van der Waals surface area contributed by atoms with Gasteiger partial charge >= 0.3 is 5.69 Å². The minimum Gasteiger partial charge on any atom is -0.502 e. The van der Waals surface area contributed by atoms with E-state index in [9.17, 15) is 25.1 Å². The van der Waals surface area contributed by atoms with E-state index in [4.69, 9.17) is 4.74 Å². The standard InChI is InChI=1S/C19H21N3O6/c1-2-28-15-6-4-14(5-7-15)17(23)9-10-19(25)21-20-12-13-3-8-18(24)16(11-13)22(26)27/h3-8,11-12,17,23-24H,2,9-10H2,1H3,(H,21,25)/b20-12-/t17-/m1/s1. The van der Waals surface area contributed by atoms with Gasteiger partial charge in [0.15, 0.2) is 5.75 Å². The number of hydrazone groups is 1. The summed E-state index contributed by atoms with van der Waals surface area (Å²) in [5.41, 5.74) is 2.87. The fraction of sp³-hybridized carbons (Fsp3) is 0.263. The molecule has 2 rings (SSSR count). The maximum atomic E-state index is 11.8. The second-order valence-electron chi connectivity index (χ2n) is 5.85. The van der Waals surface area contributed by atoms with E-state index in [1.165, 1.54) is 18.3 Å². The maximum absolute atomic E-state index is 11.8. The zero-order valence-corrected chi connectivity index (χ0v) is 15.2. The lowest BCUT2D eigenvalue weighted by Gasteiger charge is -2.11. The van der Waals surface area contributed by atoms with E-state index in [1.54, 1.807) is 24.3 Å². The van der Waals surface area contributed by atoms with Crippen molar-refractivity contribution in [3.63, 3.8) is 0 Å². The van der Waals surface area contributed by atoms with Gasteiger partial charge < -0.3 is 14.9 Å². The summed E-state index contributed by atoms with van der Waals surface area (Å²) in [6, 6.07) is 10.7. The van der Waals surface area contributed by atoms with Crippen LogP contribution in [0, 0.1) is 10.1 Å². The minimum atomic E-state index is -0.801. The molecule has 0 aliphatic rings. The number of phenolic OH excluding ortho intramolecular Hbond substituents is 1. The summed E-state index contributed by atoms with van der Waals surface area (Å²) in [4.78, 5) is 21.9. The molecule has 0 saturated heterocycles. The lowest BCUT2D eigenvalue weighted by atomic mass is 10.0. The summed E-state index contributed by atoms with van der Waals surface area (Å²) in [7, 11) is 0. The van der Waals surface area contributed by atoms with E-state index in [-0.39, 0.29) is 12.8 Å². The Morgan fingerprint density at radius 2 is 2.04 bits per heavy atom. The van der Waals surface area contributed by atoms with E-state index < -0.39 is 28.4 Å². The number of benzene rings is 2. The van der Waals surface area contributed by atoms with Crippen LogP contribution in [-0.2, 0) is 4.79 Å². The number of ether oxygens (including phenoxy) is 1. The lowest BCUT2D eigenvalue weighted by molar-refractivity contribution is -0.385. The van der Waals surface area contributed by atoms with Gasteiger partial charge in [0.05, 0.1) is 23.8 Å². The van der Waals surface area contributed by atoms with Gasteiger partial charge in [-0.05, 0) is 43.2 Å². The van der Waals surface area contributed by atoms with Gasteiger partial charge in [-0.2, -0.15) is 5.10 Å². The van der Waals surface area contributed by atoms with Gasteiger partial charge in [-0.25, -0.2) is 5.43 Å². The molecule has 0 radical (unpaired) electrons. The van der Waals surface area contributed by atoms with Crippen LogP contribution in [0.25, 0.3) is 0 Å². The van der Waals surface area contributed by atoms with Gasteiger partial charge in [0, 0.05) is 18.1 Å². The van der Waals surface area contributed by atoms with Gasteiger partial charge in [-0.15, -0.1) is 0 Å². The van der Waals surface area contributed by atoms with Crippen LogP contribution in [-0.4, -0.2) is 33.9 Å². The van der Waals surface area contributed by atoms with Crippen molar-refractivity contribution in [2.24, 2.45) is 5.10 Å². The Morgan fingerprint density at radius 1 is 1.32 bits per heavy atom. The Kier molecular flexibility index (Phi) is 7.46. The Morgan fingerprint density at radius 3 is 2.68 bits per heavy atom. The number of carbonyl (C=O) groups excluding carboxylic acids is 1. The molecule has 0 unspecified atom stereocenters. The molecule has 28 heavy (non-hydrogen) atoms. The highest BCUT2D eigenvalue weighted by molar-refractivity contribution is 5.83. The van der Waals surface area contributed by atoms with E-state index in [0.29, 0.717) is 23.5 Å². The van der Waals surface area contributed by atoms with Gasteiger partial charge in [0.25, 0.3) is 0 Å². The molecule has 9 heteroatoms. The number of phenols is 1. The third kappa shape index (κ3) is 6.06. The minimum absolute atomic E-state index is 0.0431. The quantitative estimate of drug-likeness (QED) is 0.344. The predicted octanol–water partition coefficient (Wildman–Crippen LogP) is 2.66.